The lowest BCUT2D eigenvalue weighted by Crippen LogP contribution is -2.36. The number of benzene rings is 1. The van der Waals surface area contributed by atoms with E-state index >= 15 is 0 Å². The lowest BCUT2D eigenvalue weighted by molar-refractivity contribution is -0.145. The Morgan fingerprint density at radius 2 is 1.95 bits per heavy atom. The Bertz CT molecular complexity index is 489. The number of carbonyl (C=O) groups is 1. The first-order chi connectivity index (χ1) is 9.70. The topological polar surface area (TPSA) is 52.3 Å². The third kappa shape index (κ3) is 5.00. The minimum atomic E-state index is -0.761. The molecule has 0 saturated heterocycles. The summed E-state index contributed by atoms with van der Waals surface area (Å²) in [5.41, 5.74) is 5.97. The number of halogens is 1. The Morgan fingerprint density at radius 3 is 2.52 bits per heavy atom. The SMILES string of the molecule is CCOC(=O)C(C)(C)SCC[C@](C)(N)c1ccccc1F. The molecule has 0 spiro atoms. The van der Waals surface area contributed by atoms with Gasteiger partial charge < -0.3 is 10.5 Å². The number of rotatable bonds is 7. The van der Waals surface area contributed by atoms with Gasteiger partial charge in [-0.05, 0) is 45.9 Å². The highest BCUT2D eigenvalue weighted by Gasteiger charge is 2.31. The second-order valence-electron chi connectivity index (χ2n) is 5.73. The molecule has 0 fully saturated rings. The zero-order valence-corrected chi connectivity index (χ0v) is 13.9. The summed E-state index contributed by atoms with van der Waals surface area (Å²) in [4.78, 5) is 11.8. The van der Waals surface area contributed by atoms with Gasteiger partial charge in [-0.1, -0.05) is 18.2 Å². The van der Waals surface area contributed by atoms with E-state index in [1.807, 2.05) is 20.8 Å². The van der Waals surface area contributed by atoms with Crippen LogP contribution in [-0.2, 0) is 15.1 Å². The fourth-order valence-corrected chi connectivity index (χ4v) is 3.15. The summed E-state index contributed by atoms with van der Waals surface area (Å²) in [7, 11) is 0. The van der Waals surface area contributed by atoms with Crippen molar-refractivity contribution in [1.82, 2.24) is 0 Å². The van der Waals surface area contributed by atoms with Gasteiger partial charge in [0.2, 0.25) is 0 Å². The van der Waals surface area contributed by atoms with Gasteiger partial charge in [-0.2, -0.15) is 0 Å². The third-order valence-electron chi connectivity index (χ3n) is 3.34. The Kier molecular flexibility index (Phi) is 6.23. The predicted molar refractivity (Wildman–Crippen MR) is 85.7 cm³/mol. The quantitative estimate of drug-likeness (QED) is 0.783. The molecule has 0 amide bonds. The van der Waals surface area contributed by atoms with Crippen LogP contribution in [0.25, 0.3) is 0 Å². The molecular weight excluding hydrogens is 289 g/mol. The first kappa shape index (κ1) is 18.0. The van der Waals surface area contributed by atoms with Crippen molar-refractivity contribution in [3.63, 3.8) is 0 Å². The van der Waals surface area contributed by atoms with E-state index in [2.05, 4.69) is 0 Å². The smallest absolute Gasteiger partial charge is 0.321 e. The van der Waals surface area contributed by atoms with Crippen LogP contribution < -0.4 is 5.73 Å². The molecule has 0 radical (unpaired) electrons. The van der Waals surface area contributed by atoms with Crippen molar-refractivity contribution in [3.05, 3.63) is 35.6 Å². The largest absolute Gasteiger partial charge is 0.465 e. The molecular formula is C16H24FNO2S. The third-order valence-corrected chi connectivity index (χ3v) is 4.64. The van der Waals surface area contributed by atoms with Gasteiger partial charge in [0.25, 0.3) is 0 Å². The molecule has 0 aromatic heterocycles. The van der Waals surface area contributed by atoms with E-state index in [0.717, 1.165) is 0 Å². The highest BCUT2D eigenvalue weighted by atomic mass is 32.2. The molecule has 3 nitrogen and oxygen atoms in total. The van der Waals surface area contributed by atoms with E-state index in [4.69, 9.17) is 10.5 Å². The van der Waals surface area contributed by atoms with Gasteiger partial charge in [-0.3, -0.25) is 4.79 Å². The number of hydrogen-bond acceptors (Lipinski definition) is 4. The second kappa shape index (κ2) is 7.27. The molecule has 1 aromatic rings. The van der Waals surface area contributed by atoms with Crippen LogP contribution in [0.1, 0.15) is 39.7 Å². The van der Waals surface area contributed by atoms with Crippen LogP contribution in [0, 0.1) is 5.82 Å². The summed E-state index contributed by atoms with van der Waals surface area (Å²) in [6.45, 7) is 7.61. The molecule has 0 unspecified atom stereocenters. The minimum Gasteiger partial charge on any atom is -0.465 e. The first-order valence-corrected chi connectivity index (χ1v) is 8.04. The van der Waals surface area contributed by atoms with Gasteiger partial charge in [0, 0.05) is 11.1 Å². The van der Waals surface area contributed by atoms with E-state index in [1.165, 1.54) is 17.8 Å². The summed E-state index contributed by atoms with van der Waals surface area (Å²) in [5.74, 6) is 0.115. The molecule has 118 valence electrons. The van der Waals surface area contributed by atoms with Crippen LogP contribution in [0.3, 0.4) is 0 Å². The number of thioether (sulfide) groups is 1. The van der Waals surface area contributed by atoms with Gasteiger partial charge in [0.05, 0.1) is 6.61 Å². The number of esters is 1. The van der Waals surface area contributed by atoms with Crippen LogP contribution in [0.4, 0.5) is 4.39 Å². The maximum Gasteiger partial charge on any atom is 0.321 e. The molecule has 1 aromatic carbocycles. The molecule has 2 N–H and O–H groups in total. The van der Waals surface area contributed by atoms with E-state index < -0.39 is 10.3 Å². The van der Waals surface area contributed by atoms with E-state index in [1.54, 1.807) is 25.1 Å². The van der Waals surface area contributed by atoms with Crippen LogP contribution in [0.5, 0.6) is 0 Å². The van der Waals surface area contributed by atoms with Crippen molar-refractivity contribution in [1.29, 1.82) is 0 Å². The lowest BCUT2D eigenvalue weighted by Gasteiger charge is -2.28. The van der Waals surface area contributed by atoms with E-state index in [0.29, 0.717) is 24.3 Å². The highest BCUT2D eigenvalue weighted by Crippen LogP contribution is 2.31. The fraction of sp³-hybridized carbons (Fsp3) is 0.562. The van der Waals surface area contributed by atoms with E-state index in [9.17, 15) is 9.18 Å². The molecule has 1 atom stereocenters. The Morgan fingerprint density at radius 1 is 1.33 bits per heavy atom. The standard InChI is InChI=1S/C16H24FNO2S/c1-5-20-14(19)15(2,3)21-11-10-16(4,18)12-8-6-7-9-13(12)17/h6-9H,5,10-11,18H2,1-4H3/t16-/m0/s1. The van der Waals surface area contributed by atoms with Crippen LogP contribution in [0.15, 0.2) is 24.3 Å². The van der Waals surface area contributed by atoms with Gasteiger partial charge in [0.1, 0.15) is 10.6 Å². The summed E-state index contributed by atoms with van der Waals surface area (Å²) in [6, 6.07) is 6.54. The maximum atomic E-state index is 13.8. The fourth-order valence-electron chi connectivity index (χ4n) is 1.94. The van der Waals surface area contributed by atoms with Crippen molar-refractivity contribution in [3.8, 4) is 0 Å². The molecule has 21 heavy (non-hydrogen) atoms. The van der Waals surface area contributed by atoms with Crippen molar-refractivity contribution in [2.24, 2.45) is 5.73 Å². The average molecular weight is 313 g/mol. The molecule has 0 bridgehead atoms. The molecule has 1 rings (SSSR count). The number of hydrogen-bond donors (Lipinski definition) is 1. The van der Waals surface area contributed by atoms with Crippen LogP contribution in [-0.4, -0.2) is 23.1 Å². The average Bonchev–Trinajstić information content (AvgIpc) is 2.38. The summed E-state index contributed by atoms with van der Waals surface area (Å²) in [6.07, 6.45) is 0.571. The first-order valence-electron chi connectivity index (χ1n) is 7.06. The minimum absolute atomic E-state index is 0.236. The molecule has 0 aliphatic heterocycles. The van der Waals surface area contributed by atoms with Gasteiger partial charge in [0.15, 0.2) is 0 Å². The second-order valence-corrected chi connectivity index (χ2v) is 7.44. The van der Waals surface area contributed by atoms with Crippen LogP contribution in [0.2, 0.25) is 0 Å². The number of ether oxygens (including phenoxy) is 1. The molecule has 0 saturated carbocycles. The summed E-state index contributed by atoms with van der Waals surface area (Å²) < 4.78 is 18.2. The molecule has 5 heteroatoms. The van der Waals surface area contributed by atoms with E-state index in [-0.39, 0.29) is 11.8 Å². The Balaban J connectivity index is 2.62. The van der Waals surface area contributed by atoms with Crippen molar-refractivity contribution >= 4 is 17.7 Å². The van der Waals surface area contributed by atoms with Crippen molar-refractivity contribution in [2.45, 2.75) is 44.4 Å². The zero-order valence-electron chi connectivity index (χ0n) is 13.1. The summed E-state index contributed by atoms with van der Waals surface area (Å²) >= 11 is 1.48. The summed E-state index contributed by atoms with van der Waals surface area (Å²) in [5, 5.41) is 0. The molecule has 0 aliphatic rings. The monoisotopic (exact) mass is 313 g/mol. The lowest BCUT2D eigenvalue weighted by atomic mass is 9.90. The van der Waals surface area contributed by atoms with Gasteiger partial charge in [-0.25, -0.2) is 4.39 Å². The van der Waals surface area contributed by atoms with Gasteiger partial charge in [-0.15, -0.1) is 11.8 Å². The molecule has 0 heterocycles. The predicted octanol–water partition coefficient (Wildman–Crippen LogP) is 3.46. The zero-order chi connectivity index (χ0) is 16.1. The van der Waals surface area contributed by atoms with Crippen LogP contribution >= 0.6 is 11.8 Å². The number of nitrogens with two attached hydrogens (primary N) is 1. The van der Waals surface area contributed by atoms with Gasteiger partial charge >= 0.3 is 5.97 Å². The normalized spacial score (nSPS) is 14.6. The maximum absolute atomic E-state index is 13.8. The number of carbonyl (C=O) groups excluding carboxylic acids is 1. The van der Waals surface area contributed by atoms with Crippen molar-refractivity contribution in [2.75, 3.05) is 12.4 Å². The van der Waals surface area contributed by atoms with Crippen molar-refractivity contribution < 1.29 is 13.9 Å². The highest BCUT2D eigenvalue weighted by molar-refractivity contribution is 8.01. The Labute approximate surface area is 130 Å². The molecule has 0 aliphatic carbocycles. The Hall–Kier alpha value is -1.07.